The van der Waals surface area contributed by atoms with Crippen molar-refractivity contribution in [2.45, 2.75) is 44.1 Å². The average molecular weight is 418 g/mol. The summed E-state index contributed by atoms with van der Waals surface area (Å²) in [4.78, 5) is 23.3. The van der Waals surface area contributed by atoms with Crippen molar-refractivity contribution in [3.8, 4) is 0 Å². The summed E-state index contributed by atoms with van der Waals surface area (Å²) >= 11 is 2.83. The number of carbonyl (C=O) groups is 1. The lowest BCUT2D eigenvalue weighted by Crippen LogP contribution is -2.21. The van der Waals surface area contributed by atoms with Gasteiger partial charge in [-0.1, -0.05) is 25.1 Å². The molecule has 1 aromatic carbocycles. The van der Waals surface area contributed by atoms with E-state index in [0.29, 0.717) is 23.1 Å². The van der Waals surface area contributed by atoms with Crippen LogP contribution in [0.2, 0.25) is 0 Å². The number of thioether (sulfide) groups is 1. The number of anilines is 1. The predicted molar refractivity (Wildman–Crippen MR) is 110 cm³/mol. The largest absolute Gasteiger partial charge is 0.383 e. The summed E-state index contributed by atoms with van der Waals surface area (Å²) in [5.74, 6) is 0.158. The number of aromatic nitrogens is 2. The molecule has 1 aliphatic heterocycles. The quantitative estimate of drug-likeness (QED) is 0.358. The van der Waals surface area contributed by atoms with Gasteiger partial charge in [-0.3, -0.25) is 4.79 Å². The molecule has 3 aromatic rings. The van der Waals surface area contributed by atoms with E-state index in [9.17, 15) is 9.18 Å². The van der Waals surface area contributed by atoms with Gasteiger partial charge in [-0.25, -0.2) is 14.4 Å². The average Bonchev–Trinajstić information content (AvgIpc) is 3.05. The second-order valence-electron chi connectivity index (χ2n) is 6.72. The Kier molecular flexibility index (Phi) is 5.61. The van der Waals surface area contributed by atoms with Crippen molar-refractivity contribution in [3.63, 3.8) is 0 Å². The van der Waals surface area contributed by atoms with Crippen LogP contribution in [0.3, 0.4) is 0 Å². The molecule has 0 saturated carbocycles. The number of carbonyl (C=O) groups excluding carboxylic acids is 1. The molecule has 0 amide bonds. The van der Waals surface area contributed by atoms with E-state index in [1.54, 1.807) is 11.3 Å². The molecule has 1 aliphatic rings. The zero-order valence-corrected chi connectivity index (χ0v) is 17.0. The predicted octanol–water partition coefficient (Wildman–Crippen LogP) is 4.63. The van der Waals surface area contributed by atoms with Crippen LogP contribution in [0.5, 0.6) is 0 Å². The molecule has 1 unspecified atom stereocenters. The molecule has 4 rings (SSSR count). The van der Waals surface area contributed by atoms with Gasteiger partial charge in [0.2, 0.25) is 0 Å². The second-order valence-corrected chi connectivity index (χ2v) is 8.75. The number of halogens is 1. The van der Waals surface area contributed by atoms with Crippen molar-refractivity contribution in [1.29, 1.82) is 0 Å². The van der Waals surface area contributed by atoms with Crippen molar-refractivity contribution < 1.29 is 13.9 Å². The van der Waals surface area contributed by atoms with Gasteiger partial charge in [0, 0.05) is 16.9 Å². The van der Waals surface area contributed by atoms with Crippen LogP contribution in [-0.2, 0) is 17.8 Å². The van der Waals surface area contributed by atoms with Crippen molar-refractivity contribution in [1.82, 2.24) is 9.97 Å². The molecule has 2 aromatic heterocycles. The molecule has 3 heterocycles. The minimum atomic E-state index is -0.363. The number of nitrogens with zero attached hydrogens (tertiary/aromatic N) is 2. The first-order chi connectivity index (χ1) is 13.5. The SMILES string of the molecule is CCCC1Cc2c(sc3nc(SCC(=O)c4ccc(F)cc4)nc(N)c23)CO1. The van der Waals surface area contributed by atoms with Crippen LogP contribution in [-0.4, -0.2) is 27.6 Å². The molecule has 0 bridgehead atoms. The number of nitrogen functional groups attached to an aromatic ring is 1. The minimum absolute atomic E-state index is 0.103. The van der Waals surface area contributed by atoms with Crippen LogP contribution < -0.4 is 5.73 Å². The first kappa shape index (κ1) is 19.3. The topological polar surface area (TPSA) is 78.1 Å². The number of hydrogen-bond donors (Lipinski definition) is 1. The molecule has 28 heavy (non-hydrogen) atoms. The maximum atomic E-state index is 13.0. The highest BCUT2D eigenvalue weighted by Crippen LogP contribution is 2.39. The highest BCUT2D eigenvalue weighted by Gasteiger charge is 2.25. The summed E-state index contributed by atoms with van der Waals surface area (Å²) in [7, 11) is 0. The van der Waals surface area contributed by atoms with Gasteiger partial charge < -0.3 is 10.5 Å². The van der Waals surface area contributed by atoms with Gasteiger partial charge in [-0.15, -0.1) is 11.3 Å². The number of benzene rings is 1. The van der Waals surface area contributed by atoms with Gasteiger partial charge in [0.1, 0.15) is 16.5 Å². The lowest BCUT2D eigenvalue weighted by atomic mass is 10.0. The molecule has 0 radical (unpaired) electrons. The summed E-state index contributed by atoms with van der Waals surface area (Å²) in [6.07, 6.45) is 3.16. The monoisotopic (exact) mass is 417 g/mol. The van der Waals surface area contributed by atoms with Crippen molar-refractivity contribution >= 4 is 44.9 Å². The number of thiophene rings is 1. The van der Waals surface area contributed by atoms with E-state index >= 15 is 0 Å². The fourth-order valence-corrected chi connectivity index (χ4v) is 5.28. The molecule has 146 valence electrons. The summed E-state index contributed by atoms with van der Waals surface area (Å²) in [6.45, 7) is 2.74. The molecule has 0 aliphatic carbocycles. The lowest BCUT2D eigenvalue weighted by Gasteiger charge is -2.22. The maximum Gasteiger partial charge on any atom is 0.191 e. The highest BCUT2D eigenvalue weighted by molar-refractivity contribution is 7.99. The van der Waals surface area contributed by atoms with Crippen LogP contribution >= 0.6 is 23.1 Å². The summed E-state index contributed by atoms with van der Waals surface area (Å²) in [6, 6.07) is 5.53. The van der Waals surface area contributed by atoms with E-state index in [4.69, 9.17) is 10.5 Å². The summed E-state index contributed by atoms with van der Waals surface area (Å²) in [5.41, 5.74) is 7.93. The van der Waals surface area contributed by atoms with Crippen LogP contribution in [0.15, 0.2) is 29.4 Å². The summed E-state index contributed by atoms with van der Waals surface area (Å²) in [5, 5.41) is 1.41. The van der Waals surface area contributed by atoms with Crippen LogP contribution in [0.1, 0.15) is 40.6 Å². The third-order valence-corrected chi connectivity index (χ3v) is 6.68. The van der Waals surface area contributed by atoms with Gasteiger partial charge in [-0.05, 0) is 36.2 Å². The third-order valence-electron chi connectivity index (χ3n) is 4.73. The van der Waals surface area contributed by atoms with Crippen LogP contribution in [0.25, 0.3) is 10.2 Å². The molecular weight excluding hydrogens is 397 g/mol. The Morgan fingerprint density at radius 2 is 2.14 bits per heavy atom. The van der Waals surface area contributed by atoms with E-state index in [-0.39, 0.29) is 23.5 Å². The molecule has 0 fully saturated rings. The van der Waals surface area contributed by atoms with E-state index in [1.807, 2.05) is 0 Å². The van der Waals surface area contributed by atoms with E-state index < -0.39 is 0 Å². The molecule has 1 atom stereocenters. The fraction of sp³-hybridized carbons (Fsp3) is 0.350. The fourth-order valence-electron chi connectivity index (χ4n) is 3.35. The minimum Gasteiger partial charge on any atom is -0.383 e. The van der Waals surface area contributed by atoms with Gasteiger partial charge in [-0.2, -0.15) is 0 Å². The van der Waals surface area contributed by atoms with Gasteiger partial charge in [0.25, 0.3) is 0 Å². The van der Waals surface area contributed by atoms with Crippen LogP contribution in [0, 0.1) is 5.82 Å². The first-order valence-corrected chi connectivity index (χ1v) is 11.0. The Morgan fingerprint density at radius 3 is 2.89 bits per heavy atom. The zero-order valence-electron chi connectivity index (χ0n) is 15.4. The van der Waals surface area contributed by atoms with Gasteiger partial charge in [0.15, 0.2) is 10.9 Å². The Hall–Kier alpha value is -2.03. The molecule has 2 N–H and O–H groups in total. The standard InChI is InChI=1S/C20H20FN3O2S2/c1-2-3-13-8-14-16(9-26-13)28-19-17(14)18(22)23-20(24-19)27-10-15(25)11-4-6-12(21)7-5-11/h4-7,13H,2-3,8-10H2,1H3,(H2,22,23,24). The Bertz CT molecular complexity index is 1020. The normalized spacial score (nSPS) is 16.3. The number of Topliss-reactive ketones (excluding diaryl/α,β-unsaturated/α-hetero) is 1. The number of ether oxygens (including phenoxy) is 1. The van der Waals surface area contributed by atoms with E-state index in [1.165, 1.54) is 41.6 Å². The van der Waals surface area contributed by atoms with Crippen molar-refractivity contribution in [2.24, 2.45) is 0 Å². The molecular formula is C20H20FN3O2S2. The second kappa shape index (κ2) is 8.14. The number of ketones is 1. The smallest absolute Gasteiger partial charge is 0.191 e. The maximum absolute atomic E-state index is 13.0. The van der Waals surface area contributed by atoms with Crippen molar-refractivity contribution in [2.75, 3.05) is 11.5 Å². The van der Waals surface area contributed by atoms with Gasteiger partial charge in [0.05, 0.1) is 23.8 Å². The molecule has 8 heteroatoms. The first-order valence-electron chi connectivity index (χ1n) is 9.16. The third kappa shape index (κ3) is 3.90. The highest BCUT2D eigenvalue weighted by atomic mass is 32.2. The van der Waals surface area contributed by atoms with Crippen molar-refractivity contribution in [3.05, 3.63) is 46.1 Å². The Morgan fingerprint density at radius 1 is 1.36 bits per heavy atom. The van der Waals surface area contributed by atoms with E-state index in [2.05, 4.69) is 16.9 Å². The number of fused-ring (bicyclic) bond motifs is 3. The molecule has 0 spiro atoms. The lowest BCUT2D eigenvalue weighted by molar-refractivity contribution is 0.0254. The molecule has 5 nitrogen and oxygen atoms in total. The zero-order chi connectivity index (χ0) is 19.7. The van der Waals surface area contributed by atoms with E-state index in [0.717, 1.165) is 34.4 Å². The molecule has 0 saturated heterocycles. The summed E-state index contributed by atoms with van der Waals surface area (Å²) < 4.78 is 18.9. The van der Waals surface area contributed by atoms with Crippen LogP contribution in [0.4, 0.5) is 10.2 Å². The number of hydrogen-bond acceptors (Lipinski definition) is 7. The Labute approximate surface area is 170 Å². The number of nitrogens with two attached hydrogens (primary N) is 1. The van der Waals surface area contributed by atoms with Gasteiger partial charge >= 0.3 is 0 Å². The Balaban J connectivity index is 1.53. The number of rotatable bonds is 6.